The summed E-state index contributed by atoms with van der Waals surface area (Å²) >= 11 is 6.52. The lowest BCUT2D eigenvalue weighted by atomic mass is 10.1. The number of nitrogens with zero attached hydrogens (tertiary/aromatic N) is 3. The molecule has 0 radical (unpaired) electrons. The second kappa shape index (κ2) is 10.8. The maximum Gasteiger partial charge on any atom is 0.227 e. The molecular weight excluding hydrogens is 446 g/mol. The molecule has 0 aliphatic heterocycles. The maximum atomic E-state index is 6.52. The highest BCUT2D eigenvalue weighted by Gasteiger charge is 2.14. The number of H-pyrrole nitrogens is 1. The molecular formula is C27H32ClN5O. The zero-order valence-electron chi connectivity index (χ0n) is 20.2. The van der Waals surface area contributed by atoms with Crippen LogP contribution in [0.25, 0.3) is 22.2 Å². The first-order valence-electron chi connectivity index (χ1n) is 11.9. The van der Waals surface area contributed by atoms with E-state index in [0.29, 0.717) is 16.7 Å². The summed E-state index contributed by atoms with van der Waals surface area (Å²) in [6.45, 7) is 10.4. The number of hydrogen-bond acceptors (Lipinski definition) is 5. The van der Waals surface area contributed by atoms with Crippen molar-refractivity contribution in [2.75, 3.05) is 23.3 Å². The highest BCUT2D eigenvalue weighted by molar-refractivity contribution is 6.33. The Morgan fingerprint density at radius 1 is 1.09 bits per heavy atom. The zero-order chi connectivity index (χ0) is 24.1. The first-order valence-corrected chi connectivity index (χ1v) is 12.3. The van der Waals surface area contributed by atoms with Gasteiger partial charge in [-0.15, -0.1) is 0 Å². The van der Waals surface area contributed by atoms with Crippen LogP contribution in [0.3, 0.4) is 0 Å². The summed E-state index contributed by atoms with van der Waals surface area (Å²) in [4.78, 5) is 14.9. The Hall–Kier alpha value is -3.25. The minimum Gasteiger partial charge on any atom is -0.491 e. The molecule has 0 saturated heterocycles. The van der Waals surface area contributed by atoms with Crippen LogP contribution in [-0.4, -0.2) is 34.1 Å². The standard InChI is InChI=1S/C27H32ClN5O/c1-5-11-33(12-6-2)20-13-19(14-21(15-20)34-18(3)4)31-27-30-17-24(28)26(32-27)23-16-29-25-10-8-7-9-22(23)25/h7-10,13-18,29H,5-6,11-12H2,1-4H3,(H,30,31,32). The van der Waals surface area contributed by atoms with Gasteiger partial charge in [0.25, 0.3) is 0 Å². The van der Waals surface area contributed by atoms with Gasteiger partial charge in [-0.3, -0.25) is 0 Å². The van der Waals surface area contributed by atoms with E-state index in [1.807, 2.05) is 44.3 Å². The van der Waals surface area contributed by atoms with Crippen molar-refractivity contribution >= 4 is 39.8 Å². The summed E-state index contributed by atoms with van der Waals surface area (Å²) in [6.07, 6.45) is 5.81. The fraction of sp³-hybridized carbons (Fsp3) is 0.333. The molecule has 0 bridgehead atoms. The van der Waals surface area contributed by atoms with Crippen molar-refractivity contribution < 1.29 is 4.74 Å². The quantitative estimate of drug-likeness (QED) is 0.248. The minimum absolute atomic E-state index is 0.0779. The first kappa shape index (κ1) is 23.9. The van der Waals surface area contributed by atoms with Gasteiger partial charge >= 0.3 is 0 Å². The number of rotatable bonds is 10. The highest BCUT2D eigenvalue weighted by Crippen LogP contribution is 2.34. The Balaban J connectivity index is 1.70. The van der Waals surface area contributed by atoms with Crippen molar-refractivity contribution in [3.8, 4) is 17.0 Å². The molecule has 0 amide bonds. The van der Waals surface area contributed by atoms with E-state index in [-0.39, 0.29) is 6.10 Å². The number of halogens is 1. The Morgan fingerprint density at radius 2 is 1.85 bits per heavy atom. The third-order valence-corrected chi connectivity index (χ3v) is 5.74. The molecule has 4 rings (SSSR count). The van der Waals surface area contributed by atoms with Crippen LogP contribution in [0.1, 0.15) is 40.5 Å². The molecule has 0 fully saturated rings. The van der Waals surface area contributed by atoms with E-state index in [0.717, 1.165) is 59.5 Å². The van der Waals surface area contributed by atoms with Crippen LogP contribution >= 0.6 is 11.6 Å². The van der Waals surface area contributed by atoms with Gasteiger partial charge in [-0.2, -0.15) is 0 Å². The van der Waals surface area contributed by atoms with E-state index in [1.54, 1.807) is 6.20 Å². The Labute approximate surface area is 206 Å². The third-order valence-electron chi connectivity index (χ3n) is 5.46. The second-order valence-electron chi connectivity index (χ2n) is 8.63. The van der Waals surface area contributed by atoms with E-state index in [2.05, 4.69) is 52.2 Å². The van der Waals surface area contributed by atoms with Gasteiger partial charge in [-0.05, 0) is 38.8 Å². The van der Waals surface area contributed by atoms with Gasteiger partial charge in [0.2, 0.25) is 5.95 Å². The number of fused-ring (bicyclic) bond motifs is 1. The molecule has 2 heterocycles. The van der Waals surface area contributed by atoms with Crippen LogP contribution in [0.2, 0.25) is 5.02 Å². The van der Waals surface area contributed by atoms with Crippen LogP contribution < -0.4 is 15.0 Å². The normalized spacial score (nSPS) is 11.2. The Morgan fingerprint density at radius 3 is 2.59 bits per heavy atom. The third kappa shape index (κ3) is 5.45. The minimum atomic E-state index is 0.0779. The van der Waals surface area contributed by atoms with Gasteiger partial charge < -0.3 is 19.9 Å². The summed E-state index contributed by atoms with van der Waals surface area (Å²) in [5, 5.41) is 4.95. The number of benzene rings is 2. The molecule has 34 heavy (non-hydrogen) atoms. The lowest BCUT2D eigenvalue weighted by Crippen LogP contribution is -2.25. The largest absolute Gasteiger partial charge is 0.491 e. The predicted molar refractivity (Wildman–Crippen MR) is 143 cm³/mol. The van der Waals surface area contributed by atoms with Crippen LogP contribution in [0.4, 0.5) is 17.3 Å². The molecule has 2 N–H and O–H groups in total. The van der Waals surface area contributed by atoms with Crippen molar-refractivity contribution in [3.63, 3.8) is 0 Å². The van der Waals surface area contributed by atoms with E-state index in [9.17, 15) is 0 Å². The van der Waals surface area contributed by atoms with Crippen LogP contribution in [-0.2, 0) is 0 Å². The molecule has 7 heteroatoms. The van der Waals surface area contributed by atoms with Crippen molar-refractivity contribution in [2.45, 2.75) is 46.6 Å². The van der Waals surface area contributed by atoms with Gasteiger partial charge in [0, 0.05) is 59.3 Å². The number of nitrogens with one attached hydrogen (secondary N) is 2. The molecule has 0 spiro atoms. The molecule has 0 unspecified atom stereocenters. The SMILES string of the molecule is CCCN(CCC)c1cc(Nc2ncc(Cl)c(-c3c[nH]c4ccccc34)n2)cc(OC(C)C)c1. The van der Waals surface area contributed by atoms with Crippen LogP contribution in [0.15, 0.2) is 54.9 Å². The molecule has 0 aliphatic carbocycles. The summed E-state index contributed by atoms with van der Waals surface area (Å²) < 4.78 is 6.06. The van der Waals surface area contributed by atoms with Crippen LogP contribution in [0.5, 0.6) is 5.75 Å². The van der Waals surface area contributed by atoms with Crippen molar-refractivity contribution in [1.82, 2.24) is 15.0 Å². The first-order chi connectivity index (χ1) is 16.5. The van der Waals surface area contributed by atoms with Gasteiger partial charge in [0.15, 0.2) is 0 Å². The lowest BCUT2D eigenvalue weighted by molar-refractivity contribution is 0.242. The fourth-order valence-electron chi connectivity index (χ4n) is 4.10. The maximum absolute atomic E-state index is 6.52. The molecule has 0 atom stereocenters. The molecule has 0 aliphatic rings. The smallest absolute Gasteiger partial charge is 0.227 e. The van der Waals surface area contributed by atoms with Crippen molar-refractivity contribution in [1.29, 1.82) is 0 Å². The zero-order valence-corrected chi connectivity index (χ0v) is 21.0. The van der Waals surface area contributed by atoms with E-state index in [4.69, 9.17) is 21.3 Å². The number of aromatic amines is 1. The van der Waals surface area contributed by atoms with Crippen molar-refractivity contribution in [2.24, 2.45) is 0 Å². The van der Waals surface area contributed by atoms with E-state index < -0.39 is 0 Å². The summed E-state index contributed by atoms with van der Waals surface area (Å²) in [6, 6.07) is 14.3. The van der Waals surface area contributed by atoms with Crippen molar-refractivity contribution in [3.05, 3.63) is 59.9 Å². The topological polar surface area (TPSA) is 66.1 Å². The predicted octanol–water partition coefficient (Wildman–Crippen LogP) is 7.44. The average Bonchev–Trinajstić information content (AvgIpc) is 3.23. The summed E-state index contributed by atoms with van der Waals surface area (Å²) in [5.74, 6) is 1.30. The van der Waals surface area contributed by atoms with E-state index >= 15 is 0 Å². The average molecular weight is 478 g/mol. The number of aromatic nitrogens is 3. The number of anilines is 3. The van der Waals surface area contributed by atoms with E-state index in [1.165, 1.54) is 0 Å². The number of hydrogen-bond donors (Lipinski definition) is 2. The monoisotopic (exact) mass is 477 g/mol. The number of para-hydroxylation sites is 1. The molecule has 2 aromatic carbocycles. The Kier molecular flexibility index (Phi) is 7.58. The summed E-state index contributed by atoms with van der Waals surface area (Å²) in [5.41, 5.74) is 4.66. The molecule has 178 valence electrons. The molecule has 0 saturated carbocycles. The lowest BCUT2D eigenvalue weighted by Gasteiger charge is -2.25. The summed E-state index contributed by atoms with van der Waals surface area (Å²) in [7, 11) is 0. The molecule has 6 nitrogen and oxygen atoms in total. The van der Waals surface area contributed by atoms with Crippen LogP contribution in [0, 0.1) is 0 Å². The molecule has 2 aromatic heterocycles. The Bertz CT molecular complexity index is 1250. The van der Waals surface area contributed by atoms with Gasteiger partial charge in [0.1, 0.15) is 5.75 Å². The highest BCUT2D eigenvalue weighted by atomic mass is 35.5. The number of ether oxygens (including phenoxy) is 1. The van der Waals surface area contributed by atoms with Gasteiger partial charge in [0.05, 0.1) is 23.0 Å². The molecule has 4 aromatic rings. The fourth-order valence-corrected chi connectivity index (χ4v) is 4.29. The van der Waals surface area contributed by atoms with Gasteiger partial charge in [-0.1, -0.05) is 43.6 Å². The van der Waals surface area contributed by atoms with Gasteiger partial charge in [-0.25, -0.2) is 9.97 Å². The second-order valence-corrected chi connectivity index (χ2v) is 9.04.